The van der Waals surface area contributed by atoms with E-state index >= 15 is 0 Å². The zero-order valence-corrected chi connectivity index (χ0v) is 13.6. The molecule has 1 atom stereocenters. The number of halogens is 2. The van der Waals surface area contributed by atoms with Gasteiger partial charge < -0.3 is 10.6 Å². The van der Waals surface area contributed by atoms with E-state index in [2.05, 4.69) is 6.92 Å². The summed E-state index contributed by atoms with van der Waals surface area (Å²) in [5, 5.41) is 0.558. The van der Waals surface area contributed by atoms with Gasteiger partial charge in [-0.25, -0.2) is 0 Å². The van der Waals surface area contributed by atoms with E-state index in [0.717, 1.165) is 12.2 Å². The lowest BCUT2D eigenvalue weighted by molar-refractivity contribution is 0.0744. The van der Waals surface area contributed by atoms with Gasteiger partial charge in [-0.05, 0) is 24.8 Å². The number of nitrogens with zero attached hydrogens (tertiary/aromatic N) is 1. The first-order valence-corrected chi connectivity index (χ1v) is 8.07. The highest BCUT2D eigenvalue weighted by Crippen LogP contribution is 2.30. The Kier molecular flexibility index (Phi) is 6.30. The van der Waals surface area contributed by atoms with E-state index in [4.69, 9.17) is 28.9 Å². The molecule has 2 N–H and O–H groups in total. The second-order valence-corrected chi connectivity index (χ2v) is 5.99. The molecular formula is C13H18Cl2N2OS. The van der Waals surface area contributed by atoms with Gasteiger partial charge in [0.25, 0.3) is 5.91 Å². The van der Waals surface area contributed by atoms with Gasteiger partial charge in [0.15, 0.2) is 0 Å². The molecule has 3 nitrogen and oxygen atoms in total. The Morgan fingerprint density at radius 3 is 2.63 bits per heavy atom. The fourth-order valence-corrected chi connectivity index (χ4v) is 3.08. The van der Waals surface area contributed by atoms with Crippen molar-refractivity contribution in [1.82, 2.24) is 4.90 Å². The van der Waals surface area contributed by atoms with Crippen LogP contribution >= 0.6 is 35.0 Å². The van der Waals surface area contributed by atoms with E-state index in [1.165, 1.54) is 0 Å². The smallest absolute Gasteiger partial charge is 0.255 e. The second kappa shape index (κ2) is 7.27. The van der Waals surface area contributed by atoms with Crippen LogP contribution < -0.4 is 5.73 Å². The second-order valence-electron chi connectivity index (χ2n) is 4.30. The highest BCUT2D eigenvalue weighted by atomic mass is 35.5. The third-order valence-corrected chi connectivity index (χ3v) is 4.50. The Bertz CT molecular complexity index is 468. The molecule has 0 aliphatic heterocycles. The van der Waals surface area contributed by atoms with E-state index in [0.29, 0.717) is 16.3 Å². The minimum absolute atomic E-state index is 0.153. The summed E-state index contributed by atoms with van der Waals surface area (Å²) in [4.78, 5) is 14.2. The number of amides is 1. The quantitative estimate of drug-likeness (QED) is 0.839. The highest BCUT2D eigenvalue weighted by molar-refractivity contribution is 7.98. The van der Waals surface area contributed by atoms with Crippen molar-refractivity contribution in [3.05, 3.63) is 27.7 Å². The van der Waals surface area contributed by atoms with Crippen LogP contribution in [0.15, 0.2) is 12.1 Å². The summed E-state index contributed by atoms with van der Waals surface area (Å²) in [5.74, 6) is 0.729. The Balaban J connectivity index is 3.06. The molecule has 1 aromatic rings. The molecule has 0 bridgehead atoms. The van der Waals surface area contributed by atoms with Gasteiger partial charge in [-0.3, -0.25) is 4.79 Å². The van der Waals surface area contributed by atoms with Gasteiger partial charge in [-0.15, -0.1) is 0 Å². The van der Waals surface area contributed by atoms with Gasteiger partial charge in [0.1, 0.15) is 0 Å². The molecule has 6 heteroatoms. The van der Waals surface area contributed by atoms with Crippen LogP contribution in [0.4, 0.5) is 5.69 Å². The maximum absolute atomic E-state index is 12.5. The molecule has 1 amide bonds. The fourth-order valence-electron chi connectivity index (χ4n) is 1.82. The monoisotopic (exact) mass is 320 g/mol. The van der Waals surface area contributed by atoms with Crippen LogP contribution in [0.1, 0.15) is 23.7 Å². The molecule has 106 valence electrons. The summed E-state index contributed by atoms with van der Waals surface area (Å²) >= 11 is 13.8. The number of thioether (sulfide) groups is 1. The van der Waals surface area contributed by atoms with Crippen molar-refractivity contribution >= 4 is 46.6 Å². The molecule has 0 fully saturated rings. The number of carbonyl (C=O) groups is 1. The molecule has 0 aromatic heterocycles. The first kappa shape index (κ1) is 16.5. The molecule has 0 radical (unpaired) electrons. The normalized spacial score (nSPS) is 12.3. The van der Waals surface area contributed by atoms with Gasteiger partial charge in [0.05, 0.1) is 15.6 Å². The van der Waals surface area contributed by atoms with E-state index in [1.807, 2.05) is 6.26 Å². The van der Waals surface area contributed by atoms with E-state index in [1.54, 1.807) is 35.8 Å². The first-order chi connectivity index (χ1) is 8.92. The number of nitrogen functional groups attached to an aromatic ring is 1. The summed E-state index contributed by atoms with van der Waals surface area (Å²) < 4.78 is 0. The van der Waals surface area contributed by atoms with Crippen LogP contribution in [0.2, 0.25) is 10.0 Å². The summed E-state index contributed by atoms with van der Waals surface area (Å²) in [5.41, 5.74) is 6.51. The van der Waals surface area contributed by atoms with Crippen molar-refractivity contribution in [3.63, 3.8) is 0 Å². The maximum Gasteiger partial charge on any atom is 0.255 e. The van der Waals surface area contributed by atoms with Gasteiger partial charge in [0, 0.05) is 24.5 Å². The minimum Gasteiger partial charge on any atom is -0.399 e. The van der Waals surface area contributed by atoms with E-state index in [9.17, 15) is 4.79 Å². The lowest BCUT2D eigenvalue weighted by Crippen LogP contribution is -2.38. The molecule has 1 aromatic carbocycles. The topological polar surface area (TPSA) is 46.3 Å². The first-order valence-electron chi connectivity index (χ1n) is 5.93. The molecular weight excluding hydrogens is 303 g/mol. The van der Waals surface area contributed by atoms with Crippen LogP contribution in [-0.4, -0.2) is 35.9 Å². The lowest BCUT2D eigenvalue weighted by Gasteiger charge is -2.27. The number of rotatable bonds is 5. The lowest BCUT2D eigenvalue weighted by atomic mass is 10.1. The Labute approximate surface area is 128 Å². The van der Waals surface area contributed by atoms with Crippen molar-refractivity contribution < 1.29 is 4.79 Å². The van der Waals surface area contributed by atoms with Crippen LogP contribution in [0, 0.1) is 0 Å². The number of nitrogens with two attached hydrogens (primary N) is 1. The molecule has 0 saturated carbocycles. The van der Waals surface area contributed by atoms with Crippen molar-refractivity contribution in [2.24, 2.45) is 0 Å². The molecule has 0 spiro atoms. The Hall–Kier alpha value is -0.580. The number of benzene rings is 1. The van der Waals surface area contributed by atoms with Gasteiger partial charge in [-0.1, -0.05) is 30.1 Å². The summed E-state index contributed by atoms with van der Waals surface area (Å²) in [6.45, 7) is 2.05. The summed E-state index contributed by atoms with van der Waals surface area (Å²) in [6.07, 6.45) is 2.90. The summed E-state index contributed by atoms with van der Waals surface area (Å²) in [6, 6.07) is 3.28. The number of hydrogen-bond donors (Lipinski definition) is 1. The van der Waals surface area contributed by atoms with E-state index in [-0.39, 0.29) is 17.0 Å². The maximum atomic E-state index is 12.5. The predicted octanol–water partition coefficient (Wildman–Crippen LogP) is 3.79. The average molecular weight is 321 g/mol. The molecule has 19 heavy (non-hydrogen) atoms. The zero-order valence-electron chi connectivity index (χ0n) is 11.2. The standard InChI is InChI=1S/C13H18Cl2N2OS/c1-4-9(7-19-3)17(2)13(18)10-5-8(16)6-11(14)12(10)15/h5-6,9H,4,7,16H2,1-3H3. The largest absolute Gasteiger partial charge is 0.399 e. The van der Waals surface area contributed by atoms with Crippen LogP contribution in [0.25, 0.3) is 0 Å². The molecule has 0 aliphatic rings. The molecule has 0 aliphatic carbocycles. The number of carbonyl (C=O) groups excluding carboxylic acids is 1. The van der Waals surface area contributed by atoms with Crippen molar-refractivity contribution in [2.75, 3.05) is 24.8 Å². The zero-order chi connectivity index (χ0) is 14.6. The average Bonchev–Trinajstić information content (AvgIpc) is 2.38. The third-order valence-electron chi connectivity index (χ3n) is 2.98. The third kappa shape index (κ3) is 3.94. The minimum atomic E-state index is -0.153. The number of hydrogen-bond acceptors (Lipinski definition) is 3. The van der Waals surface area contributed by atoms with Gasteiger partial charge in [0.2, 0.25) is 0 Å². The van der Waals surface area contributed by atoms with Crippen LogP contribution in [0.5, 0.6) is 0 Å². The van der Waals surface area contributed by atoms with Gasteiger partial charge in [-0.2, -0.15) is 11.8 Å². The van der Waals surface area contributed by atoms with Crippen molar-refractivity contribution in [1.29, 1.82) is 0 Å². The van der Waals surface area contributed by atoms with Crippen molar-refractivity contribution in [2.45, 2.75) is 19.4 Å². The number of anilines is 1. The predicted molar refractivity (Wildman–Crippen MR) is 85.4 cm³/mol. The molecule has 0 heterocycles. The van der Waals surface area contributed by atoms with Crippen LogP contribution in [-0.2, 0) is 0 Å². The SMILES string of the molecule is CCC(CSC)N(C)C(=O)c1cc(N)cc(Cl)c1Cl. The van der Waals surface area contributed by atoms with E-state index < -0.39 is 0 Å². The van der Waals surface area contributed by atoms with Crippen molar-refractivity contribution in [3.8, 4) is 0 Å². The highest BCUT2D eigenvalue weighted by Gasteiger charge is 2.22. The van der Waals surface area contributed by atoms with Crippen LogP contribution in [0.3, 0.4) is 0 Å². The molecule has 1 unspecified atom stereocenters. The molecule has 0 saturated heterocycles. The molecule has 1 rings (SSSR count). The Morgan fingerprint density at radius 2 is 2.11 bits per heavy atom. The van der Waals surface area contributed by atoms with Gasteiger partial charge >= 0.3 is 0 Å². The summed E-state index contributed by atoms with van der Waals surface area (Å²) in [7, 11) is 1.78. The fraction of sp³-hybridized carbons (Fsp3) is 0.462. The Morgan fingerprint density at radius 1 is 1.47 bits per heavy atom.